The van der Waals surface area contributed by atoms with Gasteiger partial charge in [-0.05, 0) is 5.92 Å². The number of hydrazine groups is 1. The van der Waals surface area contributed by atoms with Gasteiger partial charge in [0.15, 0.2) is 0 Å². The van der Waals surface area contributed by atoms with Gasteiger partial charge in [-0.25, -0.2) is 5.84 Å². The van der Waals surface area contributed by atoms with Gasteiger partial charge in [-0.1, -0.05) is 13.8 Å². The highest BCUT2D eigenvalue weighted by Gasteiger charge is 2.22. The number of hydrogen-bond acceptors (Lipinski definition) is 3. The van der Waals surface area contributed by atoms with Crippen LogP contribution in [0.3, 0.4) is 0 Å². The smallest absolute Gasteiger partial charge is 0.242 e. The number of nitrogens with two attached hydrogens (primary N) is 1. The number of piperazine rings is 1. The summed E-state index contributed by atoms with van der Waals surface area (Å²) in [5.74, 6) is 6.60. The number of guanidine groups is 1. The van der Waals surface area contributed by atoms with Crippen molar-refractivity contribution in [1.82, 2.24) is 15.2 Å². The van der Waals surface area contributed by atoms with Gasteiger partial charge in [-0.15, -0.1) is 0 Å². The van der Waals surface area contributed by atoms with E-state index in [0.717, 1.165) is 6.54 Å². The van der Waals surface area contributed by atoms with Gasteiger partial charge in [-0.2, -0.15) is 0 Å². The Bertz CT molecular complexity index is 276. The average Bonchev–Trinajstić information content (AvgIpc) is 2.23. The summed E-state index contributed by atoms with van der Waals surface area (Å²) in [5, 5.41) is 0. The van der Waals surface area contributed by atoms with Crippen LogP contribution >= 0.6 is 0 Å². The summed E-state index contributed by atoms with van der Waals surface area (Å²) in [5.41, 5.74) is 2.57. The maximum Gasteiger partial charge on any atom is 0.242 e. The fraction of sp³-hybridized carbons (Fsp3) is 0.800. The Balaban J connectivity index is 2.60. The molecule has 3 N–H and O–H groups in total. The maximum absolute atomic E-state index is 11.5. The average molecular weight is 227 g/mol. The molecule has 1 amide bonds. The second kappa shape index (κ2) is 5.69. The second-order valence-corrected chi connectivity index (χ2v) is 4.44. The number of aliphatic imine (C=N–C) groups is 1. The van der Waals surface area contributed by atoms with Crippen LogP contribution in [0.2, 0.25) is 0 Å². The van der Waals surface area contributed by atoms with Crippen molar-refractivity contribution in [3.8, 4) is 0 Å². The zero-order valence-corrected chi connectivity index (χ0v) is 10.2. The first-order chi connectivity index (χ1) is 7.54. The molecule has 1 rings (SSSR count). The van der Waals surface area contributed by atoms with Crippen LogP contribution in [0, 0.1) is 5.92 Å². The standard InChI is InChI=1S/C10H21N5O/c1-8(2)6-12-10(13-11)15-5-4-14(3)9(16)7-15/h8H,4-7,11H2,1-3H3,(H,12,13). The number of carbonyl (C=O) groups excluding carboxylic acids is 1. The fourth-order valence-corrected chi connectivity index (χ4v) is 1.45. The molecule has 6 nitrogen and oxygen atoms in total. The van der Waals surface area contributed by atoms with E-state index >= 15 is 0 Å². The van der Waals surface area contributed by atoms with Gasteiger partial charge in [0.05, 0.1) is 6.54 Å². The monoisotopic (exact) mass is 227 g/mol. The van der Waals surface area contributed by atoms with Crippen LogP contribution in [0.5, 0.6) is 0 Å². The van der Waals surface area contributed by atoms with Crippen molar-refractivity contribution >= 4 is 11.9 Å². The predicted molar refractivity (Wildman–Crippen MR) is 63.7 cm³/mol. The Hall–Kier alpha value is -1.30. The van der Waals surface area contributed by atoms with Gasteiger partial charge in [-0.3, -0.25) is 15.2 Å². The number of nitrogens with zero attached hydrogens (tertiary/aromatic N) is 3. The van der Waals surface area contributed by atoms with E-state index in [2.05, 4.69) is 24.3 Å². The number of hydrogen-bond donors (Lipinski definition) is 2. The molecule has 1 aliphatic rings. The molecule has 0 aromatic heterocycles. The summed E-state index contributed by atoms with van der Waals surface area (Å²) in [7, 11) is 1.81. The summed E-state index contributed by atoms with van der Waals surface area (Å²) in [6.07, 6.45) is 0. The zero-order chi connectivity index (χ0) is 12.1. The first-order valence-electron chi connectivity index (χ1n) is 5.54. The fourth-order valence-electron chi connectivity index (χ4n) is 1.45. The highest BCUT2D eigenvalue weighted by Crippen LogP contribution is 2.02. The number of rotatable bonds is 2. The molecule has 0 spiro atoms. The molecule has 0 unspecified atom stereocenters. The van der Waals surface area contributed by atoms with Crippen molar-refractivity contribution in [3.05, 3.63) is 0 Å². The Labute approximate surface area is 96.5 Å². The second-order valence-electron chi connectivity index (χ2n) is 4.44. The molecule has 0 bridgehead atoms. The zero-order valence-electron chi connectivity index (χ0n) is 10.2. The molecule has 0 radical (unpaired) electrons. The molecule has 1 heterocycles. The normalized spacial score (nSPS) is 18.3. The molecule has 1 saturated heterocycles. The van der Waals surface area contributed by atoms with E-state index in [-0.39, 0.29) is 5.91 Å². The van der Waals surface area contributed by atoms with Crippen LogP contribution in [0.1, 0.15) is 13.8 Å². The highest BCUT2D eigenvalue weighted by atomic mass is 16.2. The summed E-state index contributed by atoms with van der Waals surface area (Å²) < 4.78 is 0. The van der Waals surface area contributed by atoms with Crippen LogP contribution < -0.4 is 11.3 Å². The van der Waals surface area contributed by atoms with Crippen LogP contribution in [0.15, 0.2) is 4.99 Å². The van der Waals surface area contributed by atoms with Gasteiger partial charge < -0.3 is 9.80 Å². The van der Waals surface area contributed by atoms with E-state index in [1.54, 1.807) is 11.9 Å². The van der Waals surface area contributed by atoms with Crippen molar-refractivity contribution in [2.75, 3.05) is 33.2 Å². The first kappa shape index (κ1) is 12.8. The minimum absolute atomic E-state index is 0.0961. The number of likely N-dealkylation sites (N-methyl/N-ethyl adjacent to an activating group) is 1. The Morgan fingerprint density at radius 2 is 2.25 bits per heavy atom. The van der Waals surface area contributed by atoms with Crippen LogP contribution in [0.25, 0.3) is 0 Å². The van der Waals surface area contributed by atoms with Gasteiger partial charge in [0.1, 0.15) is 0 Å². The third-order valence-electron chi connectivity index (χ3n) is 2.49. The lowest BCUT2D eigenvalue weighted by atomic mass is 10.2. The largest absolute Gasteiger partial charge is 0.342 e. The first-order valence-corrected chi connectivity index (χ1v) is 5.54. The summed E-state index contributed by atoms with van der Waals surface area (Å²) in [4.78, 5) is 19.5. The molecule has 1 aliphatic heterocycles. The summed E-state index contributed by atoms with van der Waals surface area (Å²) in [6.45, 7) is 6.71. The lowest BCUT2D eigenvalue weighted by molar-refractivity contribution is -0.132. The van der Waals surface area contributed by atoms with Gasteiger partial charge in [0, 0.05) is 26.7 Å². The van der Waals surface area contributed by atoms with E-state index in [4.69, 9.17) is 5.84 Å². The topological polar surface area (TPSA) is 74.0 Å². The summed E-state index contributed by atoms with van der Waals surface area (Å²) >= 11 is 0. The molecule has 92 valence electrons. The number of amides is 1. The molecule has 0 atom stereocenters. The van der Waals surface area contributed by atoms with E-state index in [0.29, 0.717) is 31.5 Å². The SMILES string of the molecule is CC(C)CN=C(NN)N1CCN(C)C(=O)C1. The quantitative estimate of drug-likeness (QED) is 0.281. The van der Waals surface area contributed by atoms with Gasteiger partial charge in [0.2, 0.25) is 11.9 Å². The molecule has 0 aliphatic carbocycles. The van der Waals surface area contributed by atoms with Gasteiger partial charge >= 0.3 is 0 Å². The number of nitrogens with one attached hydrogen (secondary N) is 1. The summed E-state index contributed by atoms with van der Waals surface area (Å²) in [6, 6.07) is 0. The van der Waals surface area contributed by atoms with E-state index in [9.17, 15) is 4.79 Å². The van der Waals surface area contributed by atoms with Crippen LogP contribution in [-0.2, 0) is 4.79 Å². The Kier molecular flexibility index (Phi) is 4.54. The molecular formula is C10H21N5O. The van der Waals surface area contributed by atoms with Crippen molar-refractivity contribution in [1.29, 1.82) is 0 Å². The molecule has 0 aromatic carbocycles. The molecule has 0 saturated carbocycles. The third-order valence-corrected chi connectivity index (χ3v) is 2.49. The number of carbonyl (C=O) groups is 1. The maximum atomic E-state index is 11.5. The minimum atomic E-state index is 0.0961. The lowest BCUT2D eigenvalue weighted by Crippen LogP contribution is -2.55. The third kappa shape index (κ3) is 3.37. The van der Waals surface area contributed by atoms with Crippen LogP contribution in [-0.4, -0.2) is 54.9 Å². The van der Waals surface area contributed by atoms with Gasteiger partial charge in [0.25, 0.3) is 0 Å². The van der Waals surface area contributed by atoms with Crippen molar-refractivity contribution in [2.24, 2.45) is 16.8 Å². The predicted octanol–water partition coefficient (Wildman–Crippen LogP) is -0.764. The lowest BCUT2D eigenvalue weighted by Gasteiger charge is -2.33. The minimum Gasteiger partial charge on any atom is -0.342 e. The highest BCUT2D eigenvalue weighted by molar-refractivity contribution is 5.87. The Morgan fingerprint density at radius 1 is 1.56 bits per heavy atom. The molecule has 16 heavy (non-hydrogen) atoms. The Morgan fingerprint density at radius 3 is 2.75 bits per heavy atom. The van der Waals surface area contributed by atoms with Crippen LogP contribution in [0.4, 0.5) is 0 Å². The van der Waals surface area contributed by atoms with E-state index in [1.165, 1.54) is 0 Å². The molecule has 1 fully saturated rings. The van der Waals surface area contributed by atoms with E-state index in [1.807, 2.05) is 4.90 Å². The van der Waals surface area contributed by atoms with E-state index < -0.39 is 0 Å². The molecule has 6 heteroatoms. The van der Waals surface area contributed by atoms with Crippen molar-refractivity contribution in [3.63, 3.8) is 0 Å². The van der Waals surface area contributed by atoms with Crippen molar-refractivity contribution in [2.45, 2.75) is 13.8 Å². The molecular weight excluding hydrogens is 206 g/mol. The van der Waals surface area contributed by atoms with Crippen molar-refractivity contribution < 1.29 is 4.79 Å². The molecule has 0 aromatic rings.